The predicted molar refractivity (Wildman–Crippen MR) is 153 cm³/mol. The molecular weight excluding hydrogens is 444 g/mol. The molecule has 0 unspecified atom stereocenters. The lowest BCUT2D eigenvalue weighted by molar-refractivity contribution is 0.607. The third kappa shape index (κ3) is 5.79. The molecule has 3 heteroatoms. The Kier molecular flexibility index (Phi) is 7.54. The number of hydrogen-bond donors (Lipinski definition) is 2. The van der Waals surface area contributed by atoms with E-state index >= 15 is 0 Å². The smallest absolute Gasteiger partial charge is 0.0355 e. The van der Waals surface area contributed by atoms with Crippen LogP contribution in [0.3, 0.4) is 0 Å². The molecule has 1 aliphatic carbocycles. The minimum atomic E-state index is 0.598. The van der Waals surface area contributed by atoms with E-state index in [9.17, 15) is 0 Å². The zero-order valence-corrected chi connectivity index (χ0v) is 21.6. The quantitative estimate of drug-likeness (QED) is 0.250. The lowest BCUT2D eigenvalue weighted by Crippen LogP contribution is -2.14. The second kappa shape index (κ2) is 11.1. The van der Waals surface area contributed by atoms with E-state index in [0.717, 1.165) is 12.1 Å². The van der Waals surface area contributed by atoms with Crippen LogP contribution in [0.15, 0.2) is 78.2 Å². The Balaban J connectivity index is 1.49. The Hall–Kier alpha value is -3.04. The van der Waals surface area contributed by atoms with Crippen molar-refractivity contribution in [2.75, 3.05) is 17.2 Å². The van der Waals surface area contributed by atoms with Gasteiger partial charge < -0.3 is 10.6 Å². The summed E-state index contributed by atoms with van der Waals surface area (Å²) < 4.78 is 0. The molecule has 2 N–H and O–H groups in total. The maximum Gasteiger partial charge on any atom is 0.0355 e. The van der Waals surface area contributed by atoms with Gasteiger partial charge in [-0.15, -0.1) is 11.3 Å². The Labute approximate surface area is 214 Å². The molecule has 35 heavy (non-hydrogen) atoms. The normalized spacial score (nSPS) is 13.9. The molecular formula is C32H35N2S. The lowest BCUT2D eigenvalue weighted by atomic mass is 9.90. The summed E-state index contributed by atoms with van der Waals surface area (Å²) in [6, 6.07) is 30.6. The molecule has 1 heterocycles. The summed E-state index contributed by atoms with van der Waals surface area (Å²) in [6.07, 6.45) is 6.38. The zero-order chi connectivity index (χ0) is 24.0. The van der Waals surface area contributed by atoms with E-state index in [1.807, 2.05) is 0 Å². The van der Waals surface area contributed by atoms with Crippen molar-refractivity contribution in [2.24, 2.45) is 5.92 Å². The highest BCUT2D eigenvalue weighted by molar-refractivity contribution is 7.13. The highest BCUT2D eigenvalue weighted by Gasteiger charge is 2.17. The average molecular weight is 480 g/mol. The first kappa shape index (κ1) is 23.7. The van der Waals surface area contributed by atoms with Crippen LogP contribution in [-0.4, -0.2) is 12.6 Å². The zero-order valence-electron chi connectivity index (χ0n) is 20.8. The molecule has 1 radical (unpaired) electrons. The monoisotopic (exact) mass is 479 g/mol. The fourth-order valence-electron chi connectivity index (χ4n) is 4.99. The molecule has 0 aliphatic heterocycles. The topological polar surface area (TPSA) is 24.1 Å². The summed E-state index contributed by atoms with van der Waals surface area (Å²) in [6.45, 7) is 5.54. The molecule has 3 aromatic carbocycles. The number of hydrogen-bond acceptors (Lipinski definition) is 3. The van der Waals surface area contributed by atoms with Gasteiger partial charge in [-0.25, -0.2) is 0 Å². The molecule has 4 aromatic rings. The molecule has 2 nitrogen and oxygen atoms in total. The highest BCUT2D eigenvalue weighted by Crippen LogP contribution is 2.42. The summed E-state index contributed by atoms with van der Waals surface area (Å²) in [5.74, 6) is 0.710. The summed E-state index contributed by atoms with van der Waals surface area (Å²) in [5.41, 5.74) is 8.56. The molecule has 1 aromatic heterocycles. The second-order valence-electron chi connectivity index (χ2n) is 10.0. The van der Waals surface area contributed by atoms with Gasteiger partial charge in [-0.05, 0) is 89.2 Å². The molecule has 0 atom stereocenters. The summed E-state index contributed by atoms with van der Waals surface area (Å²) >= 11 is 1.80. The molecule has 0 spiro atoms. The number of rotatable bonds is 9. The van der Waals surface area contributed by atoms with Gasteiger partial charge in [0.1, 0.15) is 0 Å². The second-order valence-corrected chi connectivity index (χ2v) is 11.0. The first-order chi connectivity index (χ1) is 17.2. The van der Waals surface area contributed by atoms with Gasteiger partial charge in [0.15, 0.2) is 0 Å². The van der Waals surface area contributed by atoms with Crippen LogP contribution in [0.4, 0.5) is 11.4 Å². The molecule has 0 amide bonds. The fourth-order valence-corrected chi connectivity index (χ4v) is 5.79. The van der Waals surface area contributed by atoms with Crippen LogP contribution in [0.2, 0.25) is 0 Å². The third-order valence-electron chi connectivity index (χ3n) is 6.90. The van der Waals surface area contributed by atoms with Gasteiger partial charge in [0.05, 0.1) is 0 Å². The van der Waals surface area contributed by atoms with Gasteiger partial charge in [0, 0.05) is 34.4 Å². The van der Waals surface area contributed by atoms with Crippen LogP contribution in [0, 0.1) is 12.0 Å². The van der Waals surface area contributed by atoms with Gasteiger partial charge in [-0.2, -0.15) is 0 Å². The van der Waals surface area contributed by atoms with Crippen molar-refractivity contribution in [1.29, 1.82) is 0 Å². The van der Waals surface area contributed by atoms with Gasteiger partial charge in [0.2, 0.25) is 0 Å². The van der Waals surface area contributed by atoms with E-state index in [2.05, 4.69) is 109 Å². The number of nitrogens with one attached hydrogen (secondary N) is 2. The fraction of sp³-hybridized carbons (Fsp3) is 0.312. The average Bonchev–Trinajstić information content (AvgIpc) is 3.59. The minimum absolute atomic E-state index is 0.598. The molecule has 1 fully saturated rings. The van der Waals surface area contributed by atoms with Crippen LogP contribution in [0.1, 0.15) is 46.0 Å². The lowest BCUT2D eigenvalue weighted by Gasteiger charge is -2.17. The number of anilines is 2. The van der Waals surface area contributed by atoms with Gasteiger partial charge >= 0.3 is 0 Å². The van der Waals surface area contributed by atoms with Crippen molar-refractivity contribution in [2.45, 2.75) is 52.0 Å². The summed E-state index contributed by atoms with van der Waals surface area (Å²) in [5, 5.41) is 9.48. The van der Waals surface area contributed by atoms with Crippen LogP contribution in [0.5, 0.6) is 0 Å². The van der Waals surface area contributed by atoms with E-state index in [4.69, 9.17) is 0 Å². The Morgan fingerprint density at radius 1 is 0.914 bits per heavy atom. The van der Waals surface area contributed by atoms with Crippen molar-refractivity contribution < 1.29 is 0 Å². The highest BCUT2D eigenvalue weighted by atomic mass is 32.1. The van der Waals surface area contributed by atoms with Crippen LogP contribution in [-0.2, 0) is 0 Å². The van der Waals surface area contributed by atoms with Crippen LogP contribution >= 0.6 is 11.3 Å². The van der Waals surface area contributed by atoms with Gasteiger partial charge in [0.25, 0.3) is 0 Å². The van der Waals surface area contributed by atoms with Crippen molar-refractivity contribution in [3.8, 4) is 32.7 Å². The van der Waals surface area contributed by atoms with Crippen molar-refractivity contribution in [1.82, 2.24) is 0 Å². The van der Waals surface area contributed by atoms with Crippen LogP contribution < -0.4 is 10.6 Å². The summed E-state index contributed by atoms with van der Waals surface area (Å²) in [7, 11) is 0. The van der Waals surface area contributed by atoms with Crippen molar-refractivity contribution in [3.63, 3.8) is 0 Å². The SMILES string of the molecule is CC(C)CCNc1ccc(-c2cccc(-c3[c]ccc(NC4CCCC4)c3)c2-c2cccs2)cc1. The van der Waals surface area contributed by atoms with Crippen molar-refractivity contribution in [3.05, 3.63) is 84.2 Å². The molecule has 0 bridgehead atoms. The molecule has 1 aliphatic rings. The minimum Gasteiger partial charge on any atom is -0.385 e. The maximum absolute atomic E-state index is 3.76. The standard InChI is InChI=1S/C32H35N2S/c1-23(2)19-20-33-26-17-15-24(16-18-26)29-12-6-13-30(32(29)31-14-7-21-35-31)25-8-5-11-28(22-25)34-27-9-3-4-10-27/h5-7,11-18,21-23,27,33-34H,3-4,9-10,19-20H2,1-2H3. The number of thiophene rings is 1. The Bertz CT molecular complexity index is 1220. The van der Waals surface area contributed by atoms with E-state index in [1.165, 1.54) is 70.6 Å². The maximum atomic E-state index is 3.76. The van der Waals surface area contributed by atoms with E-state index in [0.29, 0.717) is 12.0 Å². The molecule has 5 rings (SSSR count). The first-order valence-corrected chi connectivity index (χ1v) is 13.8. The first-order valence-electron chi connectivity index (χ1n) is 13.0. The van der Waals surface area contributed by atoms with Crippen LogP contribution in [0.25, 0.3) is 32.7 Å². The van der Waals surface area contributed by atoms with Crippen molar-refractivity contribution >= 4 is 22.7 Å². The Morgan fingerprint density at radius 3 is 2.46 bits per heavy atom. The predicted octanol–water partition coefficient (Wildman–Crippen LogP) is 9.36. The van der Waals surface area contributed by atoms with E-state index in [-0.39, 0.29) is 0 Å². The summed E-state index contributed by atoms with van der Waals surface area (Å²) in [4.78, 5) is 1.29. The molecule has 179 valence electrons. The van der Waals surface area contributed by atoms with Gasteiger partial charge in [-0.1, -0.05) is 69.2 Å². The largest absolute Gasteiger partial charge is 0.385 e. The van der Waals surface area contributed by atoms with E-state index in [1.54, 1.807) is 11.3 Å². The molecule has 0 saturated heterocycles. The number of benzene rings is 3. The Morgan fingerprint density at radius 2 is 1.71 bits per heavy atom. The van der Waals surface area contributed by atoms with Gasteiger partial charge in [-0.3, -0.25) is 0 Å². The van der Waals surface area contributed by atoms with E-state index < -0.39 is 0 Å². The third-order valence-corrected chi connectivity index (χ3v) is 7.78. The molecule has 1 saturated carbocycles.